The molecule has 13 nitrogen and oxygen atoms in total. The third-order valence-electron chi connectivity index (χ3n) is 7.64. The van der Waals surface area contributed by atoms with Crippen LogP contribution in [-0.2, 0) is 26.1 Å². The summed E-state index contributed by atoms with van der Waals surface area (Å²) in [4.78, 5) is 44.7. The van der Waals surface area contributed by atoms with Crippen molar-refractivity contribution in [3.63, 3.8) is 0 Å². The van der Waals surface area contributed by atoms with Crippen LogP contribution in [-0.4, -0.2) is 78.1 Å². The molecular formula is C33H37N5O8S2. The van der Waals surface area contributed by atoms with Gasteiger partial charge in [-0.1, -0.05) is 42.5 Å². The number of amides is 2. The molecule has 2 heterocycles. The number of piperazine rings is 1. The lowest BCUT2D eigenvalue weighted by molar-refractivity contribution is -0.387. The summed E-state index contributed by atoms with van der Waals surface area (Å²) < 4.78 is 41.7. The standard InChI is InChI=1S/C33H37N5O8S2/c1-23-34-27-15-14-25(20-29(27)47-23)37(48(43,44)30-13-9-8-12-28(30)38(41)42)17-16-26-21-35(18-19-36(26)32(40)46-33(2,3)4)31(39)45-22-24-10-6-5-7-11-24/h5-15,20,26H,16-19,21-22H2,1-4H3/t26-/m1/s1. The second-order valence-electron chi connectivity index (χ2n) is 12.3. The van der Waals surface area contributed by atoms with Gasteiger partial charge in [-0.3, -0.25) is 14.4 Å². The van der Waals surface area contributed by atoms with E-state index in [2.05, 4.69) is 4.98 Å². The molecule has 1 aliphatic rings. The van der Waals surface area contributed by atoms with Crippen molar-refractivity contribution in [2.24, 2.45) is 0 Å². The molecule has 2 amide bonds. The van der Waals surface area contributed by atoms with Crippen LogP contribution in [0.15, 0.2) is 77.7 Å². The van der Waals surface area contributed by atoms with Crippen LogP contribution < -0.4 is 4.31 Å². The molecule has 5 rings (SSSR count). The Balaban J connectivity index is 1.46. The summed E-state index contributed by atoms with van der Waals surface area (Å²) in [7, 11) is -4.49. The minimum atomic E-state index is -4.49. The Bertz CT molecular complexity index is 1910. The van der Waals surface area contributed by atoms with Crippen molar-refractivity contribution in [1.82, 2.24) is 14.8 Å². The Hall–Kier alpha value is -4.76. The zero-order chi connectivity index (χ0) is 34.6. The lowest BCUT2D eigenvalue weighted by Gasteiger charge is -2.41. The van der Waals surface area contributed by atoms with E-state index in [9.17, 15) is 28.1 Å². The van der Waals surface area contributed by atoms with Gasteiger partial charge in [0, 0.05) is 32.2 Å². The molecular weight excluding hydrogens is 659 g/mol. The maximum atomic E-state index is 14.3. The number of carbonyl (C=O) groups excluding carboxylic acids is 2. The smallest absolute Gasteiger partial charge is 0.410 e. The van der Waals surface area contributed by atoms with Gasteiger partial charge in [0.05, 0.1) is 31.9 Å². The van der Waals surface area contributed by atoms with Gasteiger partial charge in [0.25, 0.3) is 15.7 Å². The summed E-state index contributed by atoms with van der Waals surface area (Å²) in [6, 6.07) is 18.7. The van der Waals surface area contributed by atoms with Crippen molar-refractivity contribution in [3.05, 3.63) is 93.5 Å². The van der Waals surface area contributed by atoms with Gasteiger partial charge in [0.1, 0.15) is 12.2 Å². The average Bonchev–Trinajstić information content (AvgIpc) is 3.42. The number of sulfonamides is 1. The van der Waals surface area contributed by atoms with Crippen LogP contribution in [0.1, 0.15) is 37.8 Å². The van der Waals surface area contributed by atoms with E-state index in [4.69, 9.17) is 9.47 Å². The number of benzene rings is 3. The van der Waals surface area contributed by atoms with E-state index in [1.54, 1.807) is 39.0 Å². The van der Waals surface area contributed by atoms with Crippen LogP contribution in [0.5, 0.6) is 0 Å². The van der Waals surface area contributed by atoms with Gasteiger partial charge in [-0.25, -0.2) is 23.0 Å². The second-order valence-corrected chi connectivity index (χ2v) is 15.4. The number of carbonyl (C=O) groups is 2. The Labute approximate surface area is 282 Å². The quantitative estimate of drug-likeness (QED) is 0.144. The Morgan fingerprint density at radius 1 is 1.04 bits per heavy atom. The molecule has 0 bridgehead atoms. The van der Waals surface area contributed by atoms with E-state index in [1.807, 2.05) is 37.3 Å². The number of aromatic nitrogens is 1. The highest BCUT2D eigenvalue weighted by atomic mass is 32.2. The first-order chi connectivity index (χ1) is 22.7. The first-order valence-electron chi connectivity index (χ1n) is 15.3. The lowest BCUT2D eigenvalue weighted by Crippen LogP contribution is -2.58. The molecule has 0 spiro atoms. The number of aryl methyl sites for hydroxylation is 1. The normalized spacial score (nSPS) is 15.3. The Kier molecular flexibility index (Phi) is 10.2. The predicted octanol–water partition coefficient (Wildman–Crippen LogP) is 6.36. The number of para-hydroxylation sites is 1. The number of anilines is 1. The van der Waals surface area contributed by atoms with E-state index in [-0.39, 0.29) is 44.9 Å². The second kappa shape index (κ2) is 14.2. The van der Waals surface area contributed by atoms with Crippen molar-refractivity contribution in [1.29, 1.82) is 0 Å². The lowest BCUT2D eigenvalue weighted by atomic mass is 10.1. The summed E-state index contributed by atoms with van der Waals surface area (Å²) in [5.74, 6) is 0. The maximum absolute atomic E-state index is 14.3. The van der Waals surface area contributed by atoms with Crippen LogP contribution in [0.25, 0.3) is 10.2 Å². The minimum Gasteiger partial charge on any atom is -0.445 e. The van der Waals surface area contributed by atoms with E-state index < -0.39 is 49.4 Å². The first-order valence-corrected chi connectivity index (χ1v) is 17.6. The molecule has 0 unspecified atom stereocenters. The van der Waals surface area contributed by atoms with Crippen molar-refractivity contribution < 1.29 is 32.4 Å². The molecule has 0 aliphatic carbocycles. The van der Waals surface area contributed by atoms with Crippen LogP contribution in [0.4, 0.5) is 21.0 Å². The average molecular weight is 696 g/mol. The summed E-state index contributed by atoms with van der Waals surface area (Å²) in [5, 5.41) is 12.7. The minimum absolute atomic E-state index is 0.0549. The number of hydrogen-bond donors (Lipinski definition) is 0. The third kappa shape index (κ3) is 8.02. The van der Waals surface area contributed by atoms with Crippen molar-refractivity contribution >= 4 is 55.1 Å². The number of fused-ring (bicyclic) bond motifs is 1. The molecule has 4 aromatic rings. The number of hydrogen-bond acceptors (Lipinski definition) is 10. The number of rotatable bonds is 9. The molecule has 15 heteroatoms. The van der Waals surface area contributed by atoms with Crippen molar-refractivity contribution in [2.45, 2.75) is 57.3 Å². The number of nitro benzene ring substituents is 1. The topological polar surface area (TPSA) is 152 Å². The zero-order valence-corrected chi connectivity index (χ0v) is 28.7. The van der Waals surface area contributed by atoms with E-state index in [0.29, 0.717) is 5.52 Å². The van der Waals surface area contributed by atoms with Gasteiger partial charge in [-0.15, -0.1) is 11.3 Å². The molecule has 1 atom stereocenters. The molecule has 0 N–H and O–H groups in total. The number of thiazole rings is 1. The molecule has 1 aromatic heterocycles. The molecule has 48 heavy (non-hydrogen) atoms. The molecule has 1 saturated heterocycles. The van der Waals surface area contributed by atoms with Gasteiger partial charge in [-0.05, 0) is 63.9 Å². The number of ether oxygens (including phenoxy) is 2. The van der Waals surface area contributed by atoms with Crippen LogP contribution in [0.3, 0.4) is 0 Å². The van der Waals surface area contributed by atoms with Crippen LogP contribution in [0, 0.1) is 17.0 Å². The molecule has 0 saturated carbocycles. The van der Waals surface area contributed by atoms with Gasteiger partial charge in [-0.2, -0.15) is 0 Å². The van der Waals surface area contributed by atoms with Crippen molar-refractivity contribution in [3.8, 4) is 0 Å². The monoisotopic (exact) mass is 695 g/mol. The third-order valence-corrected chi connectivity index (χ3v) is 10.4. The van der Waals surface area contributed by atoms with E-state index in [1.165, 1.54) is 39.3 Å². The van der Waals surface area contributed by atoms with Crippen molar-refractivity contribution in [2.75, 3.05) is 30.5 Å². The highest BCUT2D eigenvalue weighted by Gasteiger charge is 2.38. The highest BCUT2D eigenvalue weighted by molar-refractivity contribution is 7.93. The van der Waals surface area contributed by atoms with Gasteiger partial charge >= 0.3 is 12.2 Å². The fourth-order valence-corrected chi connectivity index (χ4v) is 7.91. The van der Waals surface area contributed by atoms with E-state index >= 15 is 0 Å². The Morgan fingerprint density at radius 2 is 1.75 bits per heavy atom. The van der Waals surface area contributed by atoms with E-state index in [0.717, 1.165) is 25.6 Å². The van der Waals surface area contributed by atoms with Crippen LogP contribution >= 0.6 is 11.3 Å². The number of nitro groups is 1. The highest BCUT2D eigenvalue weighted by Crippen LogP contribution is 2.34. The fraction of sp³-hybridized carbons (Fsp3) is 0.364. The Morgan fingerprint density at radius 3 is 2.46 bits per heavy atom. The summed E-state index contributed by atoms with van der Waals surface area (Å²) in [5.41, 5.74) is 0.439. The molecule has 0 radical (unpaired) electrons. The maximum Gasteiger partial charge on any atom is 0.410 e. The number of nitrogens with zero attached hydrogens (tertiary/aromatic N) is 5. The largest absolute Gasteiger partial charge is 0.445 e. The fourth-order valence-electron chi connectivity index (χ4n) is 5.42. The molecule has 1 fully saturated rings. The van der Waals surface area contributed by atoms with Gasteiger partial charge in [0.2, 0.25) is 0 Å². The molecule has 1 aliphatic heterocycles. The summed E-state index contributed by atoms with van der Waals surface area (Å²) in [6.45, 7) is 7.34. The zero-order valence-electron chi connectivity index (χ0n) is 27.1. The molecule has 254 valence electrons. The predicted molar refractivity (Wildman–Crippen MR) is 182 cm³/mol. The van der Waals surface area contributed by atoms with Gasteiger partial charge in [0.15, 0.2) is 4.90 Å². The summed E-state index contributed by atoms with van der Waals surface area (Å²) >= 11 is 1.39. The molecule has 3 aromatic carbocycles. The summed E-state index contributed by atoms with van der Waals surface area (Å²) in [6.07, 6.45) is -1.09. The first kappa shape index (κ1) is 34.6. The SMILES string of the molecule is Cc1nc2ccc(N(CC[C@@H]3CN(C(=O)OCc4ccccc4)CCN3C(=O)OC(C)(C)C)S(=O)(=O)c3ccccc3[N+](=O)[O-])cc2s1. The van der Waals surface area contributed by atoms with Crippen LogP contribution in [0.2, 0.25) is 0 Å². The van der Waals surface area contributed by atoms with Gasteiger partial charge < -0.3 is 19.3 Å².